The number of halogens is 3. The molecule has 31 heavy (non-hydrogen) atoms. The minimum absolute atomic E-state index is 0.0557. The van der Waals surface area contributed by atoms with Gasteiger partial charge in [0.15, 0.2) is 16.4 Å². The molecule has 2 aliphatic rings. The predicted molar refractivity (Wildman–Crippen MR) is 108 cm³/mol. The first-order valence-corrected chi connectivity index (χ1v) is 11.4. The summed E-state index contributed by atoms with van der Waals surface area (Å²) in [5.74, 6) is -1.89. The van der Waals surface area contributed by atoms with Crippen LogP contribution >= 0.6 is 11.6 Å². The van der Waals surface area contributed by atoms with Gasteiger partial charge in [-0.15, -0.1) is 0 Å². The standard InChI is InChI=1S/C20H19ClF2N2O5S/c21-14-11-13(12-17-18(14)30-10-2-9-29-17)20(26)24-5-7-25(8-6-24)31(27,28)19-15(22)3-1-4-16(19)23/h1,3-4,11-12H,2,5-10H2. The van der Waals surface area contributed by atoms with Crippen molar-refractivity contribution in [3.05, 3.63) is 52.6 Å². The third kappa shape index (κ3) is 4.19. The lowest BCUT2D eigenvalue weighted by molar-refractivity contribution is 0.0697. The van der Waals surface area contributed by atoms with Crippen molar-refractivity contribution in [3.8, 4) is 11.5 Å². The molecular weight excluding hydrogens is 454 g/mol. The van der Waals surface area contributed by atoms with E-state index in [0.717, 1.165) is 22.5 Å². The first-order valence-electron chi connectivity index (χ1n) is 9.61. The van der Waals surface area contributed by atoms with Crippen molar-refractivity contribution in [3.63, 3.8) is 0 Å². The second-order valence-electron chi connectivity index (χ2n) is 7.08. The molecule has 0 aromatic heterocycles. The summed E-state index contributed by atoms with van der Waals surface area (Å²) < 4.78 is 65.5. The number of carbonyl (C=O) groups is 1. The third-order valence-electron chi connectivity index (χ3n) is 5.09. The number of ether oxygens (including phenoxy) is 2. The molecule has 2 aliphatic heterocycles. The average molecular weight is 473 g/mol. The number of fused-ring (bicyclic) bond motifs is 1. The Morgan fingerprint density at radius 3 is 2.32 bits per heavy atom. The summed E-state index contributed by atoms with van der Waals surface area (Å²) in [5.41, 5.74) is 0.283. The molecule has 0 atom stereocenters. The fourth-order valence-electron chi connectivity index (χ4n) is 3.53. The Labute approximate surface area is 183 Å². The monoisotopic (exact) mass is 472 g/mol. The highest BCUT2D eigenvalue weighted by molar-refractivity contribution is 7.89. The second-order valence-corrected chi connectivity index (χ2v) is 9.36. The van der Waals surface area contributed by atoms with Crippen LogP contribution in [0.4, 0.5) is 8.78 Å². The highest BCUT2D eigenvalue weighted by Gasteiger charge is 2.34. The zero-order valence-corrected chi connectivity index (χ0v) is 17.9. The number of amides is 1. The number of piperazine rings is 1. The number of benzene rings is 2. The van der Waals surface area contributed by atoms with E-state index >= 15 is 0 Å². The highest BCUT2D eigenvalue weighted by Crippen LogP contribution is 2.38. The van der Waals surface area contributed by atoms with Crippen LogP contribution in [0.15, 0.2) is 35.2 Å². The van der Waals surface area contributed by atoms with Crippen molar-refractivity contribution in [1.29, 1.82) is 0 Å². The third-order valence-corrected chi connectivity index (χ3v) is 7.32. The molecule has 4 rings (SSSR count). The van der Waals surface area contributed by atoms with Crippen molar-refractivity contribution in [2.24, 2.45) is 0 Å². The Balaban J connectivity index is 1.50. The van der Waals surface area contributed by atoms with Gasteiger partial charge in [0.05, 0.1) is 18.2 Å². The van der Waals surface area contributed by atoms with Crippen LogP contribution in [0, 0.1) is 11.6 Å². The molecule has 1 amide bonds. The van der Waals surface area contributed by atoms with Crippen molar-refractivity contribution < 1.29 is 31.5 Å². The number of hydrogen-bond donors (Lipinski definition) is 0. The van der Waals surface area contributed by atoms with E-state index in [9.17, 15) is 22.0 Å². The van der Waals surface area contributed by atoms with Gasteiger partial charge < -0.3 is 14.4 Å². The van der Waals surface area contributed by atoms with E-state index in [4.69, 9.17) is 21.1 Å². The zero-order valence-electron chi connectivity index (χ0n) is 16.3. The van der Waals surface area contributed by atoms with Gasteiger partial charge in [-0.2, -0.15) is 4.31 Å². The molecule has 0 N–H and O–H groups in total. The topological polar surface area (TPSA) is 76.2 Å². The molecule has 1 saturated heterocycles. The van der Waals surface area contributed by atoms with E-state index in [1.54, 1.807) is 6.07 Å². The smallest absolute Gasteiger partial charge is 0.254 e. The Morgan fingerprint density at radius 2 is 1.65 bits per heavy atom. The van der Waals surface area contributed by atoms with Crippen LogP contribution in [0.3, 0.4) is 0 Å². The van der Waals surface area contributed by atoms with Gasteiger partial charge in [0.25, 0.3) is 5.91 Å². The molecule has 2 aromatic carbocycles. The number of sulfonamides is 1. The van der Waals surface area contributed by atoms with Crippen LogP contribution in [0.25, 0.3) is 0 Å². The summed E-state index contributed by atoms with van der Waals surface area (Å²) in [6.07, 6.45) is 0.688. The molecular formula is C20H19ClF2N2O5S. The molecule has 0 radical (unpaired) electrons. The van der Waals surface area contributed by atoms with Gasteiger partial charge in [-0.25, -0.2) is 17.2 Å². The van der Waals surface area contributed by atoms with E-state index < -0.39 is 26.6 Å². The number of rotatable bonds is 3. The summed E-state index contributed by atoms with van der Waals surface area (Å²) >= 11 is 6.25. The van der Waals surface area contributed by atoms with E-state index in [0.29, 0.717) is 31.1 Å². The molecule has 11 heteroatoms. The fraction of sp³-hybridized carbons (Fsp3) is 0.350. The summed E-state index contributed by atoms with van der Waals surface area (Å²) in [6, 6.07) is 5.91. The van der Waals surface area contributed by atoms with Gasteiger partial charge >= 0.3 is 0 Å². The quantitative estimate of drug-likeness (QED) is 0.686. The van der Waals surface area contributed by atoms with Gasteiger partial charge in [-0.3, -0.25) is 4.79 Å². The van der Waals surface area contributed by atoms with Crippen LogP contribution in [0.1, 0.15) is 16.8 Å². The molecule has 166 valence electrons. The van der Waals surface area contributed by atoms with E-state index in [1.165, 1.54) is 11.0 Å². The normalized spacial score (nSPS) is 17.3. The van der Waals surface area contributed by atoms with Crippen molar-refractivity contribution in [1.82, 2.24) is 9.21 Å². The largest absolute Gasteiger partial charge is 0.489 e. The minimum atomic E-state index is -4.37. The molecule has 0 aliphatic carbocycles. The average Bonchev–Trinajstić information content (AvgIpc) is 2.99. The number of carbonyl (C=O) groups excluding carboxylic acids is 1. The Hall–Kier alpha value is -2.43. The van der Waals surface area contributed by atoms with Crippen molar-refractivity contribution in [2.45, 2.75) is 11.3 Å². The number of hydrogen-bond acceptors (Lipinski definition) is 5. The lowest BCUT2D eigenvalue weighted by Gasteiger charge is -2.34. The maximum atomic E-state index is 14.0. The van der Waals surface area contributed by atoms with E-state index in [1.807, 2.05) is 0 Å². The summed E-state index contributed by atoms with van der Waals surface area (Å²) in [4.78, 5) is 13.4. The predicted octanol–water partition coefficient (Wildman–Crippen LogP) is 2.93. The first kappa shape index (κ1) is 21.8. The van der Waals surface area contributed by atoms with Crippen molar-refractivity contribution >= 4 is 27.5 Å². The maximum Gasteiger partial charge on any atom is 0.254 e. The molecule has 0 saturated carbocycles. The van der Waals surface area contributed by atoms with E-state index in [-0.39, 0.29) is 42.7 Å². The summed E-state index contributed by atoms with van der Waals surface area (Å²) in [5, 5.41) is 0.249. The first-order chi connectivity index (χ1) is 14.8. The summed E-state index contributed by atoms with van der Waals surface area (Å²) in [6.45, 7) is 0.809. The molecule has 0 bridgehead atoms. The van der Waals surface area contributed by atoms with Gasteiger partial charge in [0, 0.05) is 38.2 Å². The highest BCUT2D eigenvalue weighted by atomic mass is 35.5. The van der Waals surface area contributed by atoms with Gasteiger partial charge in [0.1, 0.15) is 11.6 Å². The number of nitrogens with zero attached hydrogens (tertiary/aromatic N) is 2. The lowest BCUT2D eigenvalue weighted by atomic mass is 10.1. The second kappa shape index (κ2) is 8.60. The lowest BCUT2D eigenvalue weighted by Crippen LogP contribution is -2.50. The van der Waals surface area contributed by atoms with E-state index in [2.05, 4.69) is 0 Å². The molecule has 2 aromatic rings. The van der Waals surface area contributed by atoms with Crippen LogP contribution in [-0.4, -0.2) is 62.9 Å². The molecule has 0 spiro atoms. The minimum Gasteiger partial charge on any atom is -0.489 e. The Morgan fingerprint density at radius 1 is 1.00 bits per heavy atom. The van der Waals surface area contributed by atoms with Gasteiger partial charge in [-0.05, 0) is 24.3 Å². The SMILES string of the molecule is O=C(c1cc(Cl)c2c(c1)OCCCO2)N1CCN(S(=O)(=O)c2c(F)cccc2F)CC1. The van der Waals surface area contributed by atoms with Gasteiger partial charge in [-0.1, -0.05) is 17.7 Å². The molecule has 1 fully saturated rings. The molecule has 0 unspecified atom stereocenters. The zero-order chi connectivity index (χ0) is 22.2. The van der Waals surface area contributed by atoms with Crippen molar-refractivity contribution in [2.75, 3.05) is 39.4 Å². The van der Waals surface area contributed by atoms with Crippen LogP contribution in [0.5, 0.6) is 11.5 Å². The molecule has 7 nitrogen and oxygen atoms in total. The van der Waals surface area contributed by atoms with Crippen LogP contribution in [0.2, 0.25) is 5.02 Å². The maximum absolute atomic E-state index is 14.0. The Kier molecular flexibility index (Phi) is 6.05. The fourth-order valence-corrected chi connectivity index (χ4v) is 5.32. The Bertz CT molecular complexity index is 1100. The van der Waals surface area contributed by atoms with Crippen LogP contribution in [-0.2, 0) is 10.0 Å². The summed E-state index contributed by atoms with van der Waals surface area (Å²) in [7, 11) is -4.37. The van der Waals surface area contributed by atoms with Crippen LogP contribution < -0.4 is 9.47 Å². The van der Waals surface area contributed by atoms with Gasteiger partial charge in [0.2, 0.25) is 10.0 Å². The molecule has 2 heterocycles.